The van der Waals surface area contributed by atoms with E-state index in [4.69, 9.17) is 4.42 Å². The number of furan rings is 1. The van der Waals surface area contributed by atoms with E-state index < -0.39 is 0 Å². The molecule has 2 heterocycles. The maximum Gasteiger partial charge on any atom is 0.237 e. The number of halogens is 1. The van der Waals surface area contributed by atoms with E-state index in [-0.39, 0.29) is 11.9 Å². The number of carbonyl (C=O) groups is 1. The third kappa shape index (κ3) is 3.78. The van der Waals surface area contributed by atoms with Gasteiger partial charge in [0.25, 0.3) is 0 Å². The van der Waals surface area contributed by atoms with E-state index in [0.717, 1.165) is 47.4 Å². The molecule has 2 N–H and O–H groups in total. The molecule has 0 bridgehead atoms. The van der Waals surface area contributed by atoms with Crippen LogP contribution in [0.25, 0.3) is 11.3 Å². The summed E-state index contributed by atoms with van der Waals surface area (Å²) < 4.78 is 6.89. The molecule has 0 aliphatic carbocycles. The Morgan fingerprint density at radius 3 is 3.05 bits per heavy atom. The van der Waals surface area contributed by atoms with Crippen LogP contribution in [0.1, 0.15) is 25.0 Å². The maximum atomic E-state index is 11.9. The normalized spacial score (nSPS) is 18.8. The molecule has 0 radical (unpaired) electrons. The summed E-state index contributed by atoms with van der Waals surface area (Å²) >= 11 is 3.46. The molecule has 1 aliphatic heterocycles. The van der Waals surface area contributed by atoms with E-state index in [1.807, 2.05) is 36.4 Å². The van der Waals surface area contributed by atoms with Crippen molar-refractivity contribution in [1.82, 2.24) is 10.6 Å². The topological polar surface area (TPSA) is 54.3 Å². The molecular formula is C17H19BrN2O2. The molecule has 3 rings (SSSR count). The largest absolute Gasteiger partial charge is 0.460 e. The molecular weight excluding hydrogens is 344 g/mol. The Hall–Kier alpha value is -1.59. The zero-order chi connectivity index (χ0) is 15.4. The van der Waals surface area contributed by atoms with Gasteiger partial charge in [-0.2, -0.15) is 0 Å². The average Bonchev–Trinajstić information content (AvgIpc) is 2.89. The van der Waals surface area contributed by atoms with E-state index in [1.165, 1.54) is 0 Å². The summed E-state index contributed by atoms with van der Waals surface area (Å²) in [6.45, 7) is 1.34. The van der Waals surface area contributed by atoms with E-state index in [0.29, 0.717) is 6.54 Å². The van der Waals surface area contributed by atoms with Crippen LogP contribution in [0, 0.1) is 0 Å². The molecule has 0 saturated carbocycles. The first-order valence-corrected chi connectivity index (χ1v) is 8.37. The van der Waals surface area contributed by atoms with Crippen molar-refractivity contribution in [2.75, 3.05) is 6.54 Å². The molecule has 2 aromatic rings. The van der Waals surface area contributed by atoms with E-state index in [9.17, 15) is 4.79 Å². The maximum absolute atomic E-state index is 11.9. The van der Waals surface area contributed by atoms with Crippen molar-refractivity contribution in [3.05, 3.63) is 46.6 Å². The quantitative estimate of drug-likeness (QED) is 0.875. The Morgan fingerprint density at radius 1 is 1.27 bits per heavy atom. The van der Waals surface area contributed by atoms with Crippen LogP contribution in [0.2, 0.25) is 0 Å². The fraction of sp³-hybridized carbons (Fsp3) is 0.353. The number of benzene rings is 1. The summed E-state index contributed by atoms with van der Waals surface area (Å²) in [6.07, 6.45) is 3.00. The van der Waals surface area contributed by atoms with Gasteiger partial charge in [0.2, 0.25) is 5.91 Å². The lowest BCUT2D eigenvalue weighted by atomic mass is 10.1. The van der Waals surface area contributed by atoms with Crippen LogP contribution in [0.4, 0.5) is 0 Å². The molecule has 0 spiro atoms. The average molecular weight is 363 g/mol. The van der Waals surface area contributed by atoms with Crippen LogP contribution in [0.3, 0.4) is 0 Å². The minimum Gasteiger partial charge on any atom is -0.460 e. The third-order valence-corrected chi connectivity index (χ3v) is 4.32. The molecule has 1 amide bonds. The third-order valence-electron chi connectivity index (χ3n) is 3.83. The van der Waals surface area contributed by atoms with Crippen molar-refractivity contribution in [1.29, 1.82) is 0 Å². The Kier molecular flexibility index (Phi) is 4.95. The lowest BCUT2D eigenvalue weighted by Crippen LogP contribution is -2.42. The molecule has 1 aromatic carbocycles. The number of nitrogens with one attached hydrogen (secondary N) is 2. The van der Waals surface area contributed by atoms with Gasteiger partial charge in [-0.25, -0.2) is 0 Å². The van der Waals surface area contributed by atoms with E-state index >= 15 is 0 Å². The zero-order valence-electron chi connectivity index (χ0n) is 12.3. The van der Waals surface area contributed by atoms with Gasteiger partial charge >= 0.3 is 0 Å². The molecule has 116 valence electrons. The smallest absolute Gasteiger partial charge is 0.237 e. The van der Waals surface area contributed by atoms with Crippen LogP contribution in [0.5, 0.6) is 0 Å². The number of hydrogen-bond acceptors (Lipinski definition) is 3. The van der Waals surface area contributed by atoms with E-state index in [1.54, 1.807) is 0 Å². The first-order chi connectivity index (χ1) is 10.7. The Morgan fingerprint density at radius 2 is 2.18 bits per heavy atom. The first kappa shape index (κ1) is 15.3. The zero-order valence-corrected chi connectivity index (χ0v) is 13.9. The number of hydrogen-bond donors (Lipinski definition) is 2. The number of carbonyl (C=O) groups excluding carboxylic acids is 1. The molecule has 4 nitrogen and oxygen atoms in total. The van der Waals surface area contributed by atoms with E-state index in [2.05, 4.69) is 26.6 Å². The van der Waals surface area contributed by atoms with Crippen LogP contribution >= 0.6 is 15.9 Å². The van der Waals surface area contributed by atoms with Crippen molar-refractivity contribution < 1.29 is 9.21 Å². The molecule has 1 aliphatic rings. The molecule has 1 saturated heterocycles. The molecule has 1 unspecified atom stereocenters. The molecule has 1 fully saturated rings. The second-order valence-electron chi connectivity index (χ2n) is 5.50. The predicted octanol–water partition coefficient (Wildman–Crippen LogP) is 3.47. The van der Waals surface area contributed by atoms with Crippen molar-refractivity contribution in [3.8, 4) is 11.3 Å². The molecule has 1 atom stereocenters. The lowest BCUT2D eigenvalue weighted by Gasteiger charge is -2.13. The fourth-order valence-corrected chi connectivity index (χ4v) is 3.03. The van der Waals surface area contributed by atoms with Gasteiger partial charge in [0.1, 0.15) is 11.5 Å². The van der Waals surface area contributed by atoms with Crippen molar-refractivity contribution in [3.63, 3.8) is 0 Å². The Bertz CT molecular complexity index is 654. The lowest BCUT2D eigenvalue weighted by molar-refractivity contribution is -0.122. The van der Waals surface area contributed by atoms with Crippen molar-refractivity contribution in [2.24, 2.45) is 0 Å². The molecule has 5 heteroatoms. The highest BCUT2D eigenvalue weighted by molar-refractivity contribution is 9.10. The highest BCUT2D eigenvalue weighted by atomic mass is 79.9. The standard InChI is InChI=1S/C17H19BrN2O2/c18-13-5-3-4-12(10-13)16-8-7-14(22-16)11-20-15-6-1-2-9-19-17(15)21/h3-5,7-8,10,15,20H,1-2,6,9,11H2,(H,19,21). The summed E-state index contributed by atoms with van der Waals surface area (Å²) in [5, 5.41) is 6.22. The Balaban J connectivity index is 1.63. The Labute approximate surface area is 138 Å². The minimum atomic E-state index is -0.123. The van der Waals surface area contributed by atoms with Crippen molar-refractivity contribution in [2.45, 2.75) is 31.8 Å². The van der Waals surface area contributed by atoms with Gasteiger partial charge in [-0.1, -0.05) is 28.1 Å². The fourth-order valence-electron chi connectivity index (χ4n) is 2.63. The minimum absolute atomic E-state index is 0.0938. The first-order valence-electron chi connectivity index (χ1n) is 7.58. The SMILES string of the molecule is O=C1NCCCCC1NCc1ccc(-c2cccc(Br)c2)o1. The van der Waals surface area contributed by atoms with Crippen LogP contribution in [0.15, 0.2) is 45.3 Å². The van der Waals surface area contributed by atoms with Crippen LogP contribution in [-0.4, -0.2) is 18.5 Å². The predicted molar refractivity (Wildman–Crippen MR) is 89.3 cm³/mol. The summed E-state index contributed by atoms with van der Waals surface area (Å²) in [5.41, 5.74) is 1.04. The van der Waals surface area contributed by atoms with Gasteiger partial charge < -0.3 is 9.73 Å². The van der Waals surface area contributed by atoms with Crippen LogP contribution < -0.4 is 10.6 Å². The van der Waals surface area contributed by atoms with Gasteiger partial charge in [0.05, 0.1) is 12.6 Å². The summed E-state index contributed by atoms with van der Waals surface area (Å²) in [4.78, 5) is 11.9. The highest BCUT2D eigenvalue weighted by Gasteiger charge is 2.20. The molecule has 22 heavy (non-hydrogen) atoms. The van der Waals surface area contributed by atoms with Crippen molar-refractivity contribution >= 4 is 21.8 Å². The highest BCUT2D eigenvalue weighted by Crippen LogP contribution is 2.25. The molecule has 1 aromatic heterocycles. The van der Waals surface area contributed by atoms with Gasteiger partial charge in [0.15, 0.2) is 0 Å². The summed E-state index contributed by atoms with van der Waals surface area (Å²) in [5.74, 6) is 1.77. The summed E-state index contributed by atoms with van der Waals surface area (Å²) in [6, 6.07) is 11.8. The second kappa shape index (κ2) is 7.11. The van der Waals surface area contributed by atoms with Gasteiger partial charge in [0, 0.05) is 16.6 Å². The number of amides is 1. The summed E-state index contributed by atoms with van der Waals surface area (Å²) in [7, 11) is 0. The van der Waals surface area contributed by atoms with Gasteiger partial charge in [-0.3, -0.25) is 10.1 Å². The van der Waals surface area contributed by atoms with Crippen LogP contribution in [-0.2, 0) is 11.3 Å². The number of rotatable bonds is 4. The monoisotopic (exact) mass is 362 g/mol. The second-order valence-corrected chi connectivity index (χ2v) is 6.41. The van der Waals surface area contributed by atoms with Gasteiger partial charge in [-0.05, 0) is 43.5 Å². The van der Waals surface area contributed by atoms with Gasteiger partial charge in [-0.15, -0.1) is 0 Å².